The number of cyclic esters (lactones) is 1. The summed E-state index contributed by atoms with van der Waals surface area (Å²) in [5, 5.41) is 21.0. The summed E-state index contributed by atoms with van der Waals surface area (Å²) in [6.07, 6.45) is 2.16. The molecule has 0 spiro atoms. The first kappa shape index (κ1) is 15.5. The van der Waals surface area contributed by atoms with Crippen molar-refractivity contribution in [3.05, 3.63) is 11.6 Å². The number of carbonyl (C=O) groups is 2. The molecule has 0 radical (unpaired) electrons. The molecule has 0 aromatic carbocycles. The van der Waals surface area contributed by atoms with Crippen LogP contribution in [0.1, 0.15) is 40.5 Å². The minimum atomic E-state index is -1.68. The number of carboxylic acid groups (broad SMARTS) is 1. The maximum atomic E-state index is 11.7. The van der Waals surface area contributed by atoms with Gasteiger partial charge in [0.2, 0.25) is 0 Å². The van der Waals surface area contributed by atoms with Gasteiger partial charge in [-0.05, 0) is 40.5 Å². The Morgan fingerprint density at radius 2 is 2.05 bits per heavy atom. The van der Waals surface area contributed by atoms with Gasteiger partial charge in [0, 0.05) is 0 Å². The van der Waals surface area contributed by atoms with E-state index in [0.717, 1.165) is 10.5 Å². The number of aliphatic carboxylic acids is 1. The van der Waals surface area contributed by atoms with Crippen molar-refractivity contribution >= 4 is 12.1 Å². The van der Waals surface area contributed by atoms with Crippen LogP contribution in [0.4, 0.5) is 4.79 Å². The Labute approximate surface area is 112 Å². The van der Waals surface area contributed by atoms with Crippen LogP contribution in [-0.4, -0.2) is 39.9 Å². The van der Waals surface area contributed by atoms with Gasteiger partial charge in [-0.2, -0.15) is 0 Å². The van der Waals surface area contributed by atoms with Crippen LogP contribution in [0.5, 0.6) is 0 Å². The van der Waals surface area contributed by atoms with Crippen molar-refractivity contribution in [3.63, 3.8) is 0 Å². The average Bonchev–Trinajstić information content (AvgIpc) is 2.38. The first-order chi connectivity index (χ1) is 8.60. The zero-order chi connectivity index (χ0) is 14.8. The van der Waals surface area contributed by atoms with E-state index in [1.807, 2.05) is 19.9 Å². The molecular formula is C13H20NO5-. The van der Waals surface area contributed by atoms with Crippen LogP contribution in [0, 0.1) is 0 Å². The minimum absolute atomic E-state index is 0.403. The Morgan fingerprint density at radius 1 is 1.47 bits per heavy atom. The third kappa shape index (κ3) is 3.07. The lowest BCUT2D eigenvalue weighted by Gasteiger charge is -2.37. The zero-order valence-corrected chi connectivity index (χ0v) is 11.7. The highest BCUT2D eigenvalue weighted by Gasteiger charge is 2.58. The second-order valence-electron chi connectivity index (χ2n) is 5.40. The van der Waals surface area contributed by atoms with E-state index < -0.39 is 29.9 Å². The van der Waals surface area contributed by atoms with E-state index in [1.54, 1.807) is 6.92 Å². The predicted molar refractivity (Wildman–Crippen MR) is 65.9 cm³/mol. The Bertz CT molecular complexity index is 411. The number of allylic oxidation sites excluding steroid dienone is 2. The monoisotopic (exact) mass is 270 g/mol. The van der Waals surface area contributed by atoms with Crippen molar-refractivity contribution in [2.24, 2.45) is 0 Å². The van der Waals surface area contributed by atoms with Crippen LogP contribution in [0.2, 0.25) is 0 Å². The molecule has 0 bridgehead atoms. The van der Waals surface area contributed by atoms with E-state index in [0.29, 0.717) is 12.8 Å². The van der Waals surface area contributed by atoms with Gasteiger partial charge in [-0.25, -0.2) is 4.79 Å². The Hall–Kier alpha value is -1.56. The smallest absolute Gasteiger partial charge is 0.413 e. The number of amides is 1. The summed E-state index contributed by atoms with van der Waals surface area (Å²) in [7, 11) is 0. The lowest BCUT2D eigenvalue weighted by molar-refractivity contribution is -0.308. The van der Waals surface area contributed by atoms with E-state index in [-0.39, 0.29) is 0 Å². The molecule has 1 heterocycles. The third-order valence-corrected chi connectivity index (χ3v) is 3.52. The van der Waals surface area contributed by atoms with E-state index in [1.165, 1.54) is 6.92 Å². The summed E-state index contributed by atoms with van der Waals surface area (Å²) in [5.74, 6) is -1.44. The molecule has 1 saturated heterocycles. The number of carbonyl (C=O) groups excluding carboxylic acids is 2. The predicted octanol–water partition coefficient (Wildman–Crippen LogP) is 0.402. The van der Waals surface area contributed by atoms with Gasteiger partial charge in [0.05, 0.1) is 12.5 Å². The summed E-state index contributed by atoms with van der Waals surface area (Å²) in [5.41, 5.74) is -1.70. The lowest BCUT2D eigenvalue weighted by atomic mass is 9.88. The molecule has 19 heavy (non-hydrogen) atoms. The second kappa shape index (κ2) is 5.21. The summed E-state index contributed by atoms with van der Waals surface area (Å²) >= 11 is 0. The highest BCUT2D eigenvalue weighted by Crippen LogP contribution is 2.40. The molecule has 2 atom stereocenters. The third-order valence-electron chi connectivity index (χ3n) is 3.52. The molecule has 108 valence electrons. The first-order valence-corrected chi connectivity index (χ1v) is 6.16. The van der Waals surface area contributed by atoms with Gasteiger partial charge in [0.25, 0.3) is 0 Å². The molecule has 0 saturated carbocycles. The number of carboxylic acids is 1. The summed E-state index contributed by atoms with van der Waals surface area (Å²) < 4.78 is 5.18. The van der Waals surface area contributed by atoms with Crippen molar-refractivity contribution in [2.75, 3.05) is 6.54 Å². The number of hydrogen-bond donors (Lipinski definition) is 1. The van der Waals surface area contributed by atoms with E-state index in [4.69, 9.17) is 4.74 Å². The molecule has 6 heteroatoms. The highest BCUT2D eigenvalue weighted by atomic mass is 16.6. The van der Waals surface area contributed by atoms with Gasteiger partial charge >= 0.3 is 6.09 Å². The molecule has 0 aromatic rings. The number of hydrogen-bond acceptors (Lipinski definition) is 5. The Balaban J connectivity index is 2.88. The van der Waals surface area contributed by atoms with Crippen molar-refractivity contribution in [1.82, 2.24) is 4.90 Å². The summed E-state index contributed by atoms with van der Waals surface area (Å²) in [6.45, 7) is 6.18. The molecule has 0 unspecified atom stereocenters. The van der Waals surface area contributed by atoms with Gasteiger partial charge in [0.1, 0.15) is 0 Å². The van der Waals surface area contributed by atoms with Crippen LogP contribution >= 0.6 is 0 Å². The van der Waals surface area contributed by atoms with Crippen molar-refractivity contribution in [1.29, 1.82) is 0 Å². The molecule has 1 rings (SSSR count). The zero-order valence-electron chi connectivity index (χ0n) is 11.7. The number of ether oxygens (including phenoxy) is 1. The fraction of sp³-hybridized carbons (Fsp3) is 0.692. The maximum absolute atomic E-state index is 11.7. The van der Waals surface area contributed by atoms with E-state index >= 15 is 0 Å². The molecule has 1 aliphatic heterocycles. The topological polar surface area (TPSA) is 89.9 Å². The maximum Gasteiger partial charge on any atom is 0.413 e. The first-order valence-electron chi connectivity index (χ1n) is 6.16. The number of aliphatic hydroxyl groups is 1. The van der Waals surface area contributed by atoms with Gasteiger partial charge in [-0.3, -0.25) is 4.90 Å². The molecule has 1 aliphatic rings. The van der Waals surface area contributed by atoms with Crippen LogP contribution in [0.15, 0.2) is 11.6 Å². The van der Waals surface area contributed by atoms with Gasteiger partial charge < -0.3 is 19.7 Å². The number of rotatable bonds is 5. The van der Waals surface area contributed by atoms with E-state index in [2.05, 4.69) is 0 Å². The van der Waals surface area contributed by atoms with Crippen molar-refractivity contribution in [3.8, 4) is 0 Å². The minimum Gasteiger partial charge on any atom is -0.548 e. The Kier molecular flexibility index (Phi) is 4.25. The van der Waals surface area contributed by atoms with E-state index in [9.17, 15) is 19.8 Å². The molecular weight excluding hydrogens is 250 g/mol. The largest absolute Gasteiger partial charge is 0.548 e. The molecule has 0 aromatic heterocycles. The quantitative estimate of drug-likeness (QED) is 0.730. The highest BCUT2D eigenvalue weighted by molar-refractivity contribution is 5.78. The van der Waals surface area contributed by atoms with Gasteiger partial charge in [-0.1, -0.05) is 11.6 Å². The average molecular weight is 270 g/mol. The molecule has 1 N–H and O–H groups in total. The van der Waals surface area contributed by atoms with Gasteiger partial charge in [0.15, 0.2) is 11.3 Å². The number of nitrogens with zero attached hydrogens (tertiary/aromatic N) is 1. The summed E-state index contributed by atoms with van der Waals surface area (Å²) in [4.78, 5) is 23.1. The molecule has 1 amide bonds. The molecule has 1 fully saturated rings. The fourth-order valence-electron chi connectivity index (χ4n) is 2.08. The molecule has 0 aliphatic carbocycles. The van der Waals surface area contributed by atoms with Crippen LogP contribution in [0.25, 0.3) is 0 Å². The van der Waals surface area contributed by atoms with Crippen LogP contribution in [-0.2, 0) is 9.53 Å². The Morgan fingerprint density at radius 3 is 2.53 bits per heavy atom. The lowest BCUT2D eigenvalue weighted by Crippen LogP contribution is -2.57. The SMILES string of the molecule is CC(C)=CCC[C@@]1(C)OC(=O)N(CC(=O)[O-])[C@@]1(C)O. The second-order valence-corrected chi connectivity index (χ2v) is 5.40. The van der Waals surface area contributed by atoms with Crippen molar-refractivity contribution in [2.45, 2.75) is 51.9 Å². The van der Waals surface area contributed by atoms with Crippen molar-refractivity contribution < 1.29 is 24.5 Å². The summed E-state index contributed by atoms with van der Waals surface area (Å²) in [6, 6.07) is 0. The van der Waals surface area contributed by atoms with Gasteiger partial charge in [-0.15, -0.1) is 0 Å². The van der Waals surface area contributed by atoms with Crippen LogP contribution in [0.3, 0.4) is 0 Å². The standard InChI is InChI=1S/C13H21NO5/c1-9(2)6-5-7-12(3)13(4,18)14(8-10(15)16)11(17)19-12/h6,18H,5,7-8H2,1-4H3,(H,15,16)/p-1/t12-,13+/m1/s1. The fourth-order valence-corrected chi connectivity index (χ4v) is 2.08. The molecule has 6 nitrogen and oxygen atoms in total. The normalized spacial score (nSPS) is 30.2. The van der Waals surface area contributed by atoms with Crippen LogP contribution < -0.4 is 5.11 Å².